The zero-order valence-corrected chi connectivity index (χ0v) is 29.4. The first kappa shape index (κ1) is 43.8. The Bertz CT molecular complexity index is 1400. The second-order valence-corrected chi connectivity index (χ2v) is 12.8. The molecule has 0 unspecified atom stereocenters. The van der Waals surface area contributed by atoms with E-state index >= 15 is 0 Å². The number of carbonyl (C=O) groups excluding carboxylic acids is 6. The van der Waals surface area contributed by atoms with Crippen LogP contribution in [-0.4, -0.2) is 99.0 Å². The van der Waals surface area contributed by atoms with Crippen LogP contribution in [0, 0.1) is 11.8 Å². The van der Waals surface area contributed by atoms with Crippen molar-refractivity contribution >= 4 is 47.4 Å². The highest BCUT2D eigenvalue weighted by molar-refractivity contribution is 5.97. The lowest BCUT2D eigenvalue weighted by atomic mass is 9.96. The molecule has 0 saturated carbocycles. The highest BCUT2D eigenvalue weighted by Gasteiger charge is 2.34. The molecule has 12 N–H and O–H groups in total. The molecule has 0 heterocycles. The van der Waals surface area contributed by atoms with Gasteiger partial charge in [0.05, 0.1) is 12.5 Å². The highest BCUT2D eigenvalue weighted by atomic mass is 16.4. The second kappa shape index (κ2) is 21.1. The number of phenolic OH excluding ortho intramolecular Hbond substituents is 1. The molecule has 7 atom stereocenters. The number of carbonyl (C=O) groups is 8. The highest BCUT2D eigenvalue weighted by Crippen LogP contribution is 2.14. The lowest BCUT2D eigenvalue weighted by molar-refractivity contribution is -0.142. The van der Waals surface area contributed by atoms with E-state index in [-0.39, 0.29) is 24.5 Å². The first-order chi connectivity index (χ1) is 23.7. The van der Waals surface area contributed by atoms with Crippen molar-refractivity contribution in [2.24, 2.45) is 23.3 Å². The molecule has 0 radical (unpaired) electrons. The van der Waals surface area contributed by atoms with Crippen LogP contribution in [0.15, 0.2) is 24.3 Å². The van der Waals surface area contributed by atoms with Gasteiger partial charge in [-0.15, -0.1) is 0 Å². The Morgan fingerprint density at radius 1 is 0.725 bits per heavy atom. The monoisotopic (exact) mass is 721 g/mol. The number of carboxylic acids is 2. The van der Waals surface area contributed by atoms with Crippen molar-refractivity contribution < 1.29 is 53.7 Å². The second-order valence-electron chi connectivity index (χ2n) is 12.8. The number of phenols is 1. The Labute approximate surface area is 295 Å². The van der Waals surface area contributed by atoms with Gasteiger partial charge >= 0.3 is 11.9 Å². The van der Waals surface area contributed by atoms with Gasteiger partial charge in [0.2, 0.25) is 35.4 Å². The summed E-state index contributed by atoms with van der Waals surface area (Å²) in [5, 5.41) is 40.6. The number of nitrogens with two attached hydrogens (primary N) is 2. The predicted octanol–water partition coefficient (Wildman–Crippen LogP) is -1.38. The van der Waals surface area contributed by atoms with Crippen molar-refractivity contribution in [3.05, 3.63) is 29.8 Å². The first-order valence-electron chi connectivity index (χ1n) is 16.5. The maximum absolute atomic E-state index is 13.8. The van der Waals surface area contributed by atoms with E-state index < -0.39 is 109 Å². The minimum absolute atomic E-state index is 0.0706. The molecule has 0 spiro atoms. The van der Waals surface area contributed by atoms with Crippen LogP contribution in [0.3, 0.4) is 0 Å². The van der Waals surface area contributed by atoms with E-state index in [1.54, 1.807) is 27.7 Å². The van der Waals surface area contributed by atoms with Crippen LogP contribution in [-0.2, 0) is 44.8 Å². The molecule has 0 aliphatic heterocycles. The van der Waals surface area contributed by atoms with E-state index in [9.17, 15) is 53.7 Å². The van der Waals surface area contributed by atoms with Gasteiger partial charge in [-0.25, -0.2) is 0 Å². The number of rotatable bonds is 22. The molecule has 0 aliphatic carbocycles. The van der Waals surface area contributed by atoms with E-state index in [0.717, 1.165) is 0 Å². The number of amides is 6. The Morgan fingerprint density at radius 3 is 1.76 bits per heavy atom. The summed E-state index contributed by atoms with van der Waals surface area (Å²) in [6, 6.07) is -2.37. The summed E-state index contributed by atoms with van der Waals surface area (Å²) in [5.41, 5.74) is 11.4. The third-order valence-electron chi connectivity index (χ3n) is 7.91. The molecule has 0 fully saturated rings. The average molecular weight is 722 g/mol. The van der Waals surface area contributed by atoms with Crippen LogP contribution >= 0.6 is 0 Å². The number of hydrogen-bond donors (Lipinski definition) is 10. The number of aliphatic carboxylic acids is 2. The van der Waals surface area contributed by atoms with Crippen molar-refractivity contribution in [2.45, 2.75) is 109 Å². The molecule has 0 saturated heterocycles. The number of primary amides is 1. The average Bonchev–Trinajstić information content (AvgIpc) is 3.04. The third-order valence-corrected chi connectivity index (χ3v) is 7.91. The summed E-state index contributed by atoms with van der Waals surface area (Å²) >= 11 is 0. The molecule has 6 amide bonds. The molecule has 1 aromatic carbocycles. The quantitative estimate of drug-likeness (QED) is 0.0663. The summed E-state index contributed by atoms with van der Waals surface area (Å²) in [4.78, 5) is 101. The zero-order valence-electron chi connectivity index (χ0n) is 29.4. The standard InChI is InChI=1S/C33H51N7O11/c1-6-17(4)27(40-28(45)21(34)15-25(35)42)32(49)39-24(14-19-7-9-20(41)10-8-19)31(48)37-22(11-12-26(43)44)29(46)38-23(13-16(2)3)30(47)36-18(5)33(50)51/h7-10,16-18,21-24,27,41H,6,11-15,34H2,1-5H3,(H2,35,42)(H,36,47)(H,37,48)(H,38,46)(H,39,49)(H,40,45)(H,43,44)(H,50,51)/t17-,18-,21-,22-,23-,24-,27-/m0/s1. The van der Waals surface area contributed by atoms with Gasteiger partial charge in [0, 0.05) is 12.8 Å². The summed E-state index contributed by atoms with van der Waals surface area (Å²) in [5.74, 6) is -8.45. The van der Waals surface area contributed by atoms with E-state index in [2.05, 4.69) is 26.6 Å². The van der Waals surface area contributed by atoms with Crippen LogP contribution in [0.5, 0.6) is 5.75 Å². The summed E-state index contributed by atoms with van der Waals surface area (Å²) in [7, 11) is 0. The topological polar surface area (TPSA) is 309 Å². The fourth-order valence-electron chi connectivity index (χ4n) is 4.77. The summed E-state index contributed by atoms with van der Waals surface area (Å²) in [6.45, 7) is 8.16. The van der Waals surface area contributed by atoms with Crippen LogP contribution in [0.1, 0.15) is 72.3 Å². The fourth-order valence-corrected chi connectivity index (χ4v) is 4.77. The number of carboxylic acid groups (broad SMARTS) is 2. The number of aromatic hydroxyl groups is 1. The van der Waals surface area contributed by atoms with Crippen molar-refractivity contribution in [2.75, 3.05) is 0 Å². The van der Waals surface area contributed by atoms with Crippen molar-refractivity contribution in [1.82, 2.24) is 26.6 Å². The summed E-state index contributed by atoms with van der Waals surface area (Å²) in [6.07, 6.45) is -1.18. The van der Waals surface area contributed by atoms with Crippen LogP contribution in [0.2, 0.25) is 0 Å². The summed E-state index contributed by atoms with van der Waals surface area (Å²) < 4.78 is 0. The molecular formula is C33H51N7O11. The van der Waals surface area contributed by atoms with Gasteiger partial charge < -0.3 is 53.4 Å². The van der Waals surface area contributed by atoms with E-state index in [1.807, 2.05) is 0 Å². The SMILES string of the molecule is CC[C@H](C)[C@H](NC(=O)[C@@H](N)CC(N)=O)C(=O)N[C@@H](Cc1ccc(O)cc1)C(=O)N[C@@H](CCC(=O)O)C(=O)N[C@@H](CC(C)C)C(=O)N[C@@H](C)C(=O)O. The van der Waals surface area contributed by atoms with Gasteiger partial charge in [0.15, 0.2) is 0 Å². The van der Waals surface area contributed by atoms with Gasteiger partial charge in [0.25, 0.3) is 0 Å². The van der Waals surface area contributed by atoms with E-state index in [0.29, 0.717) is 12.0 Å². The Hall–Kier alpha value is -5.26. The lowest BCUT2D eigenvalue weighted by Gasteiger charge is -2.29. The van der Waals surface area contributed by atoms with Crippen LogP contribution in [0.4, 0.5) is 0 Å². The first-order valence-corrected chi connectivity index (χ1v) is 16.5. The Balaban J connectivity index is 3.44. The lowest BCUT2D eigenvalue weighted by Crippen LogP contribution is -2.60. The maximum atomic E-state index is 13.8. The smallest absolute Gasteiger partial charge is 0.325 e. The molecule has 1 aromatic rings. The van der Waals surface area contributed by atoms with Crippen molar-refractivity contribution in [1.29, 1.82) is 0 Å². The van der Waals surface area contributed by atoms with Crippen LogP contribution < -0.4 is 38.1 Å². The largest absolute Gasteiger partial charge is 0.508 e. The molecule has 0 bridgehead atoms. The molecule has 18 heteroatoms. The number of hydrogen-bond acceptors (Lipinski definition) is 10. The molecule has 0 aromatic heterocycles. The Morgan fingerprint density at radius 2 is 1.25 bits per heavy atom. The predicted molar refractivity (Wildman–Crippen MR) is 182 cm³/mol. The van der Waals surface area contributed by atoms with Gasteiger partial charge in [-0.1, -0.05) is 46.2 Å². The fraction of sp³-hybridized carbons (Fsp3) is 0.576. The van der Waals surface area contributed by atoms with Crippen molar-refractivity contribution in [3.63, 3.8) is 0 Å². The molecule has 0 aliphatic rings. The molecule has 18 nitrogen and oxygen atoms in total. The zero-order chi connectivity index (χ0) is 39.0. The minimum atomic E-state index is -1.52. The number of nitrogens with one attached hydrogen (secondary N) is 5. The van der Waals surface area contributed by atoms with Gasteiger partial charge in [-0.05, 0) is 49.3 Å². The molecule has 51 heavy (non-hydrogen) atoms. The molecular weight excluding hydrogens is 670 g/mol. The maximum Gasteiger partial charge on any atom is 0.325 e. The van der Waals surface area contributed by atoms with E-state index in [4.69, 9.17) is 11.5 Å². The normalized spacial score (nSPS) is 15.1. The van der Waals surface area contributed by atoms with Gasteiger partial charge in [0.1, 0.15) is 36.0 Å². The minimum Gasteiger partial charge on any atom is -0.508 e. The van der Waals surface area contributed by atoms with Gasteiger partial charge in [-0.3, -0.25) is 38.4 Å². The third kappa shape index (κ3) is 15.9. The van der Waals surface area contributed by atoms with Crippen LogP contribution in [0.25, 0.3) is 0 Å². The Kier molecular flexibility index (Phi) is 18.1. The van der Waals surface area contributed by atoms with E-state index in [1.165, 1.54) is 31.2 Å². The van der Waals surface area contributed by atoms with Crippen molar-refractivity contribution in [3.8, 4) is 5.75 Å². The van der Waals surface area contributed by atoms with Gasteiger partial charge in [-0.2, -0.15) is 0 Å². The number of benzene rings is 1. The molecule has 284 valence electrons. The molecule has 1 rings (SSSR count).